The third-order valence-corrected chi connectivity index (χ3v) is 4.18. The smallest absolute Gasteiger partial charge is 0.146 e. The normalized spacial score (nSPS) is 12.5. The molecule has 0 aliphatic rings. The Morgan fingerprint density at radius 1 is 0.941 bits per heavy atom. The largest absolute Gasteiger partial charge is 0.356 e. The topological polar surface area (TPSA) is 18.5 Å². The standard InChI is InChI=1S/C14H30O2Si/c1-5-6-7-8-9-10-11-15-14-16-12-13-17(2,3)4/h6-7H,5,8-14H2,1-4H3. The Bertz CT molecular complexity index is 185. The van der Waals surface area contributed by atoms with Crippen LogP contribution in [0.3, 0.4) is 0 Å². The maximum Gasteiger partial charge on any atom is 0.146 e. The van der Waals surface area contributed by atoms with Crippen molar-refractivity contribution in [1.82, 2.24) is 0 Å². The van der Waals surface area contributed by atoms with Crippen LogP contribution in [0.5, 0.6) is 0 Å². The van der Waals surface area contributed by atoms with E-state index in [1.807, 2.05) is 0 Å². The Hall–Kier alpha value is -0.123. The van der Waals surface area contributed by atoms with Gasteiger partial charge in [-0.2, -0.15) is 0 Å². The first-order chi connectivity index (χ1) is 8.06. The maximum atomic E-state index is 5.45. The van der Waals surface area contributed by atoms with Crippen LogP contribution in [0.2, 0.25) is 25.7 Å². The summed E-state index contributed by atoms with van der Waals surface area (Å²) in [6.07, 6.45) is 9.14. The fourth-order valence-electron chi connectivity index (χ4n) is 1.31. The van der Waals surface area contributed by atoms with Crippen molar-refractivity contribution in [3.8, 4) is 0 Å². The minimum absolute atomic E-state index is 0.468. The zero-order valence-electron chi connectivity index (χ0n) is 12.1. The third kappa shape index (κ3) is 15.9. The quantitative estimate of drug-likeness (QED) is 0.236. The van der Waals surface area contributed by atoms with Gasteiger partial charge in [-0.25, -0.2) is 0 Å². The molecular weight excluding hydrogens is 228 g/mol. The van der Waals surface area contributed by atoms with Crippen molar-refractivity contribution in [3.63, 3.8) is 0 Å². The average molecular weight is 258 g/mol. The highest BCUT2D eigenvalue weighted by atomic mass is 28.3. The summed E-state index contributed by atoms with van der Waals surface area (Å²) in [5.41, 5.74) is 0. The van der Waals surface area contributed by atoms with E-state index >= 15 is 0 Å². The van der Waals surface area contributed by atoms with Crippen molar-refractivity contribution in [1.29, 1.82) is 0 Å². The number of ether oxygens (including phenoxy) is 2. The molecule has 0 radical (unpaired) electrons. The monoisotopic (exact) mass is 258 g/mol. The van der Waals surface area contributed by atoms with Crippen molar-refractivity contribution >= 4 is 8.07 Å². The van der Waals surface area contributed by atoms with Gasteiger partial charge in [0.15, 0.2) is 0 Å². The summed E-state index contributed by atoms with van der Waals surface area (Å²) in [7, 11) is -0.939. The number of hydrogen-bond acceptors (Lipinski definition) is 2. The average Bonchev–Trinajstić information content (AvgIpc) is 2.24. The molecule has 0 bridgehead atoms. The molecule has 0 aliphatic carbocycles. The summed E-state index contributed by atoms with van der Waals surface area (Å²) in [6, 6.07) is 1.22. The van der Waals surface area contributed by atoms with Crippen LogP contribution in [0.1, 0.15) is 32.6 Å². The van der Waals surface area contributed by atoms with Crippen LogP contribution in [-0.2, 0) is 9.47 Å². The summed E-state index contributed by atoms with van der Waals surface area (Å²) < 4.78 is 10.9. The maximum absolute atomic E-state index is 5.45. The molecule has 0 amide bonds. The van der Waals surface area contributed by atoms with Crippen LogP contribution in [0.4, 0.5) is 0 Å². The first-order valence-electron chi connectivity index (χ1n) is 6.87. The fraction of sp³-hybridized carbons (Fsp3) is 0.857. The van der Waals surface area contributed by atoms with E-state index in [-0.39, 0.29) is 0 Å². The van der Waals surface area contributed by atoms with Gasteiger partial charge >= 0.3 is 0 Å². The van der Waals surface area contributed by atoms with Crippen molar-refractivity contribution < 1.29 is 9.47 Å². The highest BCUT2D eigenvalue weighted by Gasteiger charge is 2.11. The van der Waals surface area contributed by atoms with Crippen LogP contribution in [0.15, 0.2) is 12.2 Å². The molecule has 0 rings (SSSR count). The summed E-state index contributed by atoms with van der Waals surface area (Å²) >= 11 is 0. The van der Waals surface area contributed by atoms with Gasteiger partial charge < -0.3 is 9.47 Å². The lowest BCUT2D eigenvalue weighted by atomic mass is 10.2. The lowest BCUT2D eigenvalue weighted by molar-refractivity contribution is -0.0502. The second-order valence-electron chi connectivity index (χ2n) is 5.62. The Labute approximate surface area is 108 Å². The number of rotatable bonds is 11. The van der Waals surface area contributed by atoms with Gasteiger partial charge in [-0.15, -0.1) is 0 Å². The van der Waals surface area contributed by atoms with Gasteiger partial charge in [0.2, 0.25) is 0 Å². The van der Waals surface area contributed by atoms with Crippen molar-refractivity contribution in [2.45, 2.75) is 58.3 Å². The van der Waals surface area contributed by atoms with E-state index in [1.165, 1.54) is 18.9 Å². The second-order valence-corrected chi connectivity index (χ2v) is 11.2. The lowest BCUT2D eigenvalue weighted by Gasteiger charge is -2.15. The molecular formula is C14H30O2Si. The Balaban J connectivity index is 3.06. The third-order valence-electron chi connectivity index (χ3n) is 2.47. The SMILES string of the molecule is CCC=CCCCCOCOCC[Si](C)(C)C. The molecule has 0 spiro atoms. The lowest BCUT2D eigenvalue weighted by Crippen LogP contribution is -2.22. The first kappa shape index (κ1) is 16.9. The van der Waals surface area contributed by atoms with Gasteiger partial charge in [-0.05, 0) is 31.7 Å². The number of unbranched alkanes of at least 4 members (excludes halogenated alkanes) is 2. The number of hydrogen-bond donors (Lipinski definition) is 0. The Morgan fingerprint density at radius 3 is 2.29 bits per heavy atom. The molecule has 0 aromatic heterocycles. The molecule has 3 heteroatoms. The Kier molecular flexibility index (Phi) is 10.9. The molecule has 17 heavy (non-hydrogen) atoms. The van der Waals surface area contributed by atoms with Gasteiger partial charge in [0.05, 0.1) is 0 Å². The van der Waals surface area contributed by atoms with E-state index in [1.54, 1.807) is 0 Å². The molecule has 0 N–H and O–H groups in total. The van der Waals surface area contributed by atoms with E-state index in [2.05, 4.69) is 38.7 Å². The molecule has 0 saturated heterocycles. The summed E-state index contributed by atoms with van der Waals surface area (Å²) in [4.78, 5) is 0. The highest BCUT2D eigenvalue weighted by molar-refractivity contribution is 6.76. The molecule has 0 aromatic rings. The van der Waals surface area contributed by atoms with Gasteiger partial charge in [-0.1, -0.05) is 38.7 Å². The molecule has 0 saturated carbocycles. The Morgan fingerprint density at radius 2 is 1.65 bits per heavy atom. The van der Waals surface area contributed by atoms with E-state index in [0.29, 0.717) is 6.79 Å². The molecule has 2 nitrogen and oxygen atoms in total. The molecule has 0 aliphatic heterocycles. The first-order valence-corrected chi connectivity index (χ1v) is 10.6. The van der Waals surface area contributed by atoms with Crippen LogP contribution >= 0.6 is 0 Å². The molecule has 0 fully saturated rings. The van der Waals surface area contributed by atoms with Gasteiger partial charge in [0.1, 0.15) is 6.79 Å². The second kappa shape index (κ2) is 11.0. The van der Waals surface area contributed by atoms with E-state index in [9.17, 15) is 0 Å². The predicted octanol–water partition coefficient (Wildman–Crippen LogP) is 4.45. The summed E-state index contributed by atoms with van der Waals surface area (Å²) in [5.74, 6) is 0. The van der Waals surface area contributed by atoms with Crippen molar-refractivity contribution in [3.05, 3.63) is 12.2 Å². The summed E-state index contributed by atoms with van der Waals surface area (Å²) in [6.45, 7) is 11.4. The van der Waals surface area contributed by atoms with Gasteiger partial charge in [0.25, 0.3) is 0 Å². The number of allylic oxidation sites excluding steroid dienone is 2. The summed E-state index contributed by atoms with van der Waals surface area (Å²) in [5, 5.41) is 0. The van der Waals surface area contributed by atoms with Crippen LogP contribution < -0.4 is 0 Å². The minimum Gasteiger partial charge on any atom is -0.356 e. The van der Waals surface area contributed by atoms with E-state index in [4.69, 9.17) is 9.47 Å². The van der Waals surface area contributed by atoms with Crippen LogP contribution in [-0.4, -0.2) is 28.1 Å². The molecule has 0 atom stereocenters. The van der Waals surface area contributed by atoms with Gasteiger partial charge in [-0.3, -0.25) is 0 Å². The van der Waals surface area contributed by atoms with Crippen LogP contribution in [0, 0.1) is 0 Å². The van der Waals surface area contributed by atoms with Gasteiger partial charge in [0, 0.05) is 21.3 Å². The molecule has 0 aromatic carbocycles. The van der Waals surface area contributed by atoms with E-state index < -0.39 is 8.07 Å². The molecule has 0 unspecified atom stereocenters. The molecule has 102 valence electrons. The van der Waals surface area contributed by atoms with E-state index in [0.717, 1.165) is 26.1 Å². The zero-order valence-corrected chi connectivity index (χ0v) is 13.1. The zero-order chi connectivity index (χ0) is 13.0. The van der Waals surface area contributed by atoms with Crippen molar-refractivity contribution in [2.24, 2.45) is 0 Å². The fourth-order valence-corrected chi connectivity index (χ4v) is 2.06. The minimum atomic E-state index is -0.939. The predicted molar refractivity (Wildman–Crippen MR) is 78.2 cm³/mol. The molecule has 0 heterocycles. The van der Waals surface area contributed by atoms with Crippen molar-refractivity contribution in [2.75, 3.05) is 20.0 Å². The highest BCUT2D eigenvalue weighted by Crippen LogP contribution is 2.07. The van der Waals surface area contributed by atoms with Crippen LogP contribution in [0.25, 0.3) is 0 Å².